The number of hydrogen-bond acceptors (Lipinski definition) is 4. The summed E-state index contributed by atoms with van der Waals surface area (Å²) in [5, 5.41) is 10.9. The van der Waals surface area contributed by atoms with Gasteiger partial charge in [-0.2, -0.15) is 0 Å². The van der Waals surface area contributed by atoms with Gasteiger partial charge in [0.25, 0.3) is 0 Å². The van der Waals surface area contributed by atoms with Crippen LogP contribution in [0.4, 0.5) is 0 Å². The molecule has 0 aromatic carbocycles. The van der Waals surface area contributed by atoms with Gasteiger partial charge in [0.2, 0.25) is 0 Å². The van der Waals surface area contributed by atoms with Gasteiger partial charge in [-0.05, 0) is 45.0 Å². The number of likely N-dealkylation sites (N-methyl/N-ethyl adjacent to an activating group) is 2. The average molecular weight is 275 g/mol. The molecule has 1 aromatic heterocycles. The molecule has 4 nitrogen and oxygen atoms in total. The number of aliphatic hydroxyl groups is 1. The van der Waals surface area contributed by atoms with E-state index in [0.29, 0.717) is 0 Å². The van der Waals surface area contributed by atoms with Crippen LogP contribution in [0.3, 0.4) is 0 Å². The van der Waals surface area contributed by atoms with Gasteiger partial charge in [-0.25, -0.2) is 0 Å². The molecule has 3 atom stereocenters. The van der Waals surface area contributed by atoms with Gasteiger partial charge in [-0.3, -0.25) is 9.88 Å². The second kappa shape index (κ2) is 5.80. The SMILES string of the molecule is CN1CCN(C)C(C(O)C2CCCc3cccnc32)C1. The summed E-state index contributed by atoms with van der Waals surface area (Å²) in [6, 6.07) is 4.39. The van der Waals surface area contributed by atoms with E-state index >= 15 is 0 Å². The lowest BCUT2D eigenvalue weighted by Gasteiger charge is -2.43. The minimum atomic E-state index is -0.323. The highest BCUT2D eigenvalue weighted by molar-refractivity contribution is 5.27. The molecule has 2 heterocycles. The van der Waals surface area contributed by atoms with Crippen LogP contribution in [-0.4, -0.2) is 65.8 Å². The normalized spacial score (nSPS) is 29.9. The lowest BCUT2D eigenvalue weighted by atomic mass is 9.80. The number of aromatic nitrogens is 1. The van der Waals surface area contributed by atoms with Gasteiger partial charge in [0.1, 0.15) is 0 Å². The van der Waals surface area contributed by atoms with E-state index in [2.05, 4.69) is 34.9 Å². The average Bonchev–Trinajstić information content (AvgIpc) is 2.48. The molecule has 20 heavy (non-hydrogen) atoms. The van der Waals surface area contributed by atoms with Crippen molar-refractivity contribution in [2.24, 2.45) is 0 Å². The molecule has 0 amide bonds. The van der Waals surface area contributed by atoms with Crippen LogP contribution in [0.2, 0.25) is 0 Å². The Hall–Kier alpha value is -0.970. The number of aliphatic hydroxyl groups excluding tert-OH is 1. The highest BCUT2D eigenvalue weighted by Gasteiger charge is 2.36. The van der Waals surface area contributed by atoms with E-state index in [1.165, 1.54) is 5.56 Å². The Morgan fingerprint density at radius 1 is 1.35 bits per heavy atom. The van der Waals surface area contributed by atoms with E-state index < -0.39 is 0 Å². The van der Waals surface area contributed by atoms with Gasteiger partial charge < -0.3 is 10.0 Å². The Kier molecular flexibility index (Phi) is 4.06. The largest absolute Gasteiger partial charge is 0.391 e. The Morgan fingerprint density at radius 2 is 2.20 bits per heavy atom. The summed E-state index contributed by atoms with van der Waals surface area (Å²) in [5.74, 6) is 0.193. The van der Waals surface area contributed by atoms with Gasteiger partial charge in [-0.15, -0.1) is 0 Å². The zero-order chi connectivity index (χ0) is 14.1. The summed E-state index contributed by atoms with van der Waals surface area (Å²) >= 11 is 0. The Labute approximate surface area is 121 Å². The van der Waals surface area contributed by atoms with Gasteiger partial charge >= 0.3 is 0 Å². The topological polar surface area (TPSA) is 39.6 Å². The molecule has 0 saturated carbocycles. The molecule has 0 bridgehead atoms. The van der Waals surface area contributed by atoms with E-state index in [1.54, 1.807) is 0 Å². The summed E-state index contributed by atoms with van der Waals surface area (Å²) in [7, 11) is 4.27. The minimum Gasteiger partial charge on any atom is -0.391 e. The number of pyridine rings is 1. The molecule has 2 aliphatic rings. The number of piperazine rings is 1. The van der Waals surface area contributed by atoms with Crippen LogP contribution in [-0.2, 0) is 6.42 Å². The standard InChI is InChI=1S/C16H25N3O/c1-18-9-10-19(2)14(11-18)16(20)13-7-3-5-12-6-4-8-17-15(12)13/h4,6,8,13-14,16,20H,3,5,7,9-11H2,1-2H3. The van der Waals surface area contributed by atoms with Crippen LogP contribution < -0.4 is 0 Å². The lowest BCUT2D eigenvalue weighted by Crippen LogP contribution is -2.56. The molecular weight excluding hydrogens is 250 g/mol. The first-order chi connectivity index (χ1) is 9.66. The van der Waals surface area contributed by atoms with Crippen molar-refractivity contribution in [2.75, 3.05) is 33.7 Å². The molecular formula is C16H25N3O. The molecule has 1 fully saturated rings. The maximum Gasteiger partial charge on any atom is 0.0791 e. The monoisotopic (exact) mass is 275 g/mol. The van der Waals surface area contributed by atoms with Crippen molar-refractivity contribution in [2.45, 2.75) is 37.3 Å². The van der Waals surface area contributed by atoms with E-state index in [0.717, 1.165) is 44.6 Å². The predicted molar refractivity (Wildman–Crippen MR) is 79.8 cm³/mol. The van der Waals surface area contributed by atoms with E-state index in [9.17, 15) is 5.11 Å². The number of fused-ring (bicyclic) bond motifs is 1. The number of aryl methyl sites for hydroxylation is 1. The van der Waals surface area contributed by atoms with Crippen molar-refractivity contribution < 1.29 is 5.11 Å². The molecule has 1 aliphatic carbocycles. The van der Waals surface area contributed by atoms with Gasteiger partial charge in [0.15, 0.2) is 0 Å². The van der Waals surface area contributed by atoms with Crippen LogP contribution in [0.1, 0.15) is 30.0 Å². The fourth-order valence-electron chi connectivity index (χ4n) is 3.66. The van der Waals surface area contributed by atoms with Crippen LogP contribution in [0, 0.1) is 0 Å². The molecule has 3 unspecified atom stereocenters. The van der Waals surface area contributed by atoms with Crippen LogP contribution in [0.25, 0.3) is 0 Å². The molecule has 110 valence electrons. The molecule has 3 rings (SSSR count). The van der Waals surface area contributed by atoms with Crippen molar-refractivity contribution in [3.05, 3.63) is 29.6 Å². The Morgan fingerprint density at radius 3 is 3.05 bits per heavy atom. The van der Waals surface area contributed by atoms with E-state index in [-0.39, 0.29) is 18.1 Å². The van der Waals surface area contributed by atoms with Crippen molar-refractivity contribution in [1.82, 2.24) is 14.8 Å². The summed E-state index contributed by atoms with van der Waals surface area (Å²) < 4.78 is 0. The maximum atomic E-state index is 10.9. The zero-order valence-electron chi connectivity index (χ0n) is 12.5. The minimum absolute atomic E-state index is 0.193. The van der Waals surface area contributed by atoms with Crippen LogP contribution in [0.15, 0.2) is 18.3 Å². The maximum absolute atomic E-state index is 10.9. The van der Waals surface area contributed by atoms with Crippen molar-refractivity contribution in [3.63, 3.8) is 0 Å². The lowest BCUT2D eigenvalue weighted by molar-refractivity contribution is -0.00261. The number of rotatable bonds is 2. The van der Waals surface area contributed by atoms with E-state index in [1.807, 2.05) is 12.3 Å². The van der Waals surface area contributed by atoms with Crippen molar-refractivity contribution >= 4 is 0 Å². The fraction of sp³-hybridized carbons (Fsp3) is 0.688. The molecule has 4 heteroatoms. The molecule has 1 N–H and O–H groups in total. The first kappa shape index (κ1) is 14.0. The van der Waals surface area contributed by atoms with Gasteiger partial charge in [-0.1, -0.05) is 6.07 Å². The molecule has 0 spiro atoms. The van der Waals surface area contributed by atoms with Crippen molar-refractivity contribution in [1.29, 1.82) is 0 Å². The predicted octanol–water partition coefficient (Wildman–Crippen LogP) is 1.11. The smallest absolute Gasteiger partial charge is 0.0791 e. The third-order valence-corrected chi connectivity index (χ3v) is 4.94. The quantitative estimate of drug-likeness (QED) is 0.877. The molecule has 1 aromatic rings. The Bertz CT molecular complexity index is 465. The molecule has 1 aliphatic heterocycles. The summed E-state index contributed by atoms with van der Waals surface area (Å²) in [5.41, 5.74) is 2.46. The van der Waals surface area contributed by atoms with E-state index in [4.69, 9.17) is 0 Å². The fourth-order valence-corrected chi connectivity index (χ4v) is 3.66. The van der Waals surface area contributed by atoms with Crippen LogP contribution in [0.5, 0.6) is 0 Å². The highest BCUT2D eigenvalue weighted by atomic mass is 16.3. The van der Waals surface area contributed by atoms with Gasteiger partial charge in [0, 0.05) is 43.5 Å². The highest BCUT2D eigenvalue weighted by Crippen LogP contribution is 2.34. The number of hydrogen-bond donors (Lipinski definition) is 1. The zero-order valence-corrected chi connectivity index (χ0v) is 12.5. The summed E-state index contributed by atoms with van der Waals surface area (Å²) in [4.78, 5) is 9.19. The third-order valence-electron chi connectivity index (χ3n) is 4.94. The molecule has 1 saturated heterocycles. The third kappa shape index (κ3) is 2.60. The molecule has 0 radical (unpaired) electrons. The summed E-state index contributed by atoms with van der Waals surface area (Å²) in [6.45, 7) is 3.05. The van der Waals surface area contributed by atoms with Crippen molar-refractivity contribution in [3.8, 4) is 0 Å². The Balaban J connectivity index is 1.82. The summed E-state index contributed by atoms with van der Waals surface area (Å²) in [6.07, 6.45) is 4.86. The first-order valence-electron chi connectivity index (χ1n) is 7.67. The van der Waals surface area contributed by atoms with Gasteiger partial charge in [0.05, 0.1) is 6.10 Å². The second-order valence-corrected chi connectivity index (χ2v) is 6.35. The van der Waals surface area contributed by atoms with Crippen LogP contribution >= 0.6 is 0 Å². The number of nitrogens with zero attached hydrogens (tertiary/aromatic N) is 3. The first-order valence-corrected chi connectivity index (χ1v) is 7.67. The second-order valence-electron chi connectivity index (χ2n) is 6.35.